The number of benzene rings is 1. The molecule has 0 spiro atoms. The van der Waals surface area contributed by atoms with E-state index in [2.05, 4.69) is 42.2 Å². The summed E-state index contributed by atoms with van der Waals surface area (Å²) < 4.78 is 5.56. The van der Waals surface area contributed by atoms with Gasteiger partial charge in [-0.15, -0.1) is 0 Å². The first kappa shape index (κ1) is 17.4. The van der Waals surface area contributed by atoms with Gasteiger partial charge in [-0.1, -0.05) is 30.3 Å². The zero-order chi connectivity index (χ0) is 16.9. The average molecular weight is 330 g/mol. The number of hydrogen-bond donors (Lipinski definition) is 0. The van der Waals surface area contributed by atoms with E-state index in [4.69, 9.17) is 4.74 Å². The molecule has 2 fully saturated rings. The van der Waals surface area contributed by atoms with E-state index in [-0.39, 0.29) is 12.5 Å². The second kappa shape index (κ2) is 8.13. The quantitative estimate of drug-likeness (QED) is 0.771. The van der Waals surface area contributed by atoms with Crippen LogP contribution in [0.4, 0.5) is 0 Å². The fourth-order valence-corrected chi connectivity index (χ4v) is 3.50. The number of carbonyl (C=O) groups excluding carboxylic acids is 1. The topological polar surface area (TPSA) is 32.8 Å². The van der Waals surface area contributed by atoms with Crippen molar-refractivity contribution in [3.05, 3.63) is 35.9 Å². The van der Waals surface area contributed by atoms with Crippen LogP contribution in [-0.4, -0.2) is 54.6 Å². The lowest BCUT2D eigenvalue weighted by Gasteiger charge is -2.41. The maximum Gasteiger partial charge on any atom is 0.248 e. The highest BCUT2D eigenvalue weighted by Crippen LogP contribution is 2.29. The monoisotopic (exact) mass is 330 g/mol. The Bertz CT molecular complexity index is 530. The van der Waals surface area contributed by atoms with Crippen molar-refractivity contribution in [1.82, 2.24) is 9.80 Å². The molecule has 0 N–H and O–H groups in total. The van der Waals surface area contributed by atoms with E-state index >= 15 is 0 Å². The van der Waals surface area contributed by atoms with Crippen molar-refractivity contribution in [3.8, 4) is 0 Å². The van der Waals surface area contributed by atoms with E-state index in [0.29, 0.717) is 18.0 Å². The summed E-state index contributed by atoms with van der Waals surface area (Å²) in [7, 11) is 1.94. The Labute approximate surface area is 145 Å². The molecule has 0 aromatic heterocycles. The molecule has 0 unspecified atom stereocenters. The fraction of sp³-hybridized carbons (Fsp3) is 0.650. The van der Waals surface area contributed by atoms with Crippen molar-refractivity contribution in [2.75, 3.05) is 26.8 Å². The van der Waals surface area contributed by atoms with Gasteiger partial charge >= 0.3 is 0 Å². The zero-order valence-corrected chi connectivity index (χ0v) is 15.0. The van der Waals surface area contributed by atoms with Crippen LogP contribution in [0.1, 0.15) is 38.2 Å². The lowest BCUT2D eigenvalue weighted by Crippen LogP contribution is -2.49. The summed E-state index contributed by atoms with van der Waals surface area (Å²) in [6.45, 7) is 5.31. The molecule has 0 radical (unpaired) electrons. The first-order chi connectivity index (χ1) is 11.6. The number of amides is 1. The number of piperidine rings is 1. The van der Waals surface area contributed by atoms with Gasteiger partial charge in [0, 0.05) is 32.2 Å². The molecular weight excluding hydrogens is 300 g/mol. The molecule has 2 aliphatic rings. The molecule has 0 bridgehead atoms. The van der Waals surface area contributed by atoms with Gasteiger partial charge in [-0.3, -0.25) is 9.69 Å². The number of hydrogen-bond acceptors (Lipinski definition) is 3. The van der Waals surface area contributed by atoms with Crippen molar-refractivity contribution in [2.45, 2.75) is 51.2 Å². The molecule has 3 rings (SSSR count). The molecule has 24 heavy (non-hydrogen) atoms. The Hall–Kier alpha value is -1.39. The summed E-state index contributed by atoms with van der Waals surface area (Å²) in [5.74, 6) is 0.841. The summed E-state index contributed by atoms with van der Waals surface area (Å²) in [5, 5.41) is 0. The third-order valence-corrected chi connectivity index (χ3v) is 5.43. The highest BCUT2D eigenvalue weighted by molar-refractivity contribution is 5.77. The van der Waals surface area contributed by atoms with Gasteiger partial charge in [-0.2, -0.15) is 0 Å². The smallest absolute Gasteiger partial charge is 0.248 e. The fourth-order valence-electron chi connectivity index (χ4n) is 3.50. The highest BCUT2D eigenvalue weighted by atomic mass is 16.5. The van der Waals surface area contributed by atoms with Crippen LogP contribution in [0.15, 0.2) is 30.3 Å². The highest BCUT2D eigenvalue weighted by Gasteiger charge is 2.30. The molecule has 1 saturated heterocycles. The van der Waals surface area contributed by atoms with Crippen LogP contribution in [0.2, 0.25) is 0 Å². The Balaban J connectivity index is 1.44. The lowest BCUT2D eigenvalue weighted by molar-refractivity contribution is -0.138. The molecule has 1 aromatic carbocycles. The maximum atomic E-state index is 12.3. The predicted octanol–water partition coefficient (Wildman–Crippen LogP) is 2.92. The van der Waals surface area contributed by atoms with Gasteiger partial charge in [0.15, 0.2) is 0 Å². The summed E-state index contributed by atoms with van der Waals surface area (Å²) in [4.78, 5) is 16.8. The first-order valence-corrected chi connectivity index (χ1v) is 9.25. The van der Waals surface area contributed by atoms with Crippen LogP contribution in [0, 0.1) is 5.92 Å². The van der Waals surface area contributed by atoms with Crippen LogP contribution in [0.3, 0.4) is 0 Å². The Morgan fingerprint density at radius 1 is 1.25 bits per heavy atom. The van der Waals surface area contributed by atoms with Crippen molar-refractivity contribution >= 4 is 5.91 Å². The predicted molar refractivity (Wildman–Crippen MR) is 95.6 cm³/mol. The normalized spacial score (nSPS) is 24.8. The molecule has 1 aromatic rings. The Kier molecular flexibility index (Phi) is 5.90. The first-order valence-electron chi connectivity index (χ1n) is 9.25. The van der Waals surface area contributed by atoms with Gasteiger partial charge in [0.2, 0.25) is 5.91 Å². The number of likely N-dealkylation sites (tertiary alicyclic amines) is 1. The van der Waals surface area contributed by atoms with Crippen molar-refractivity contribution in [2.24, 2.45) is 5.92 Å². The van der Waals surface area contributed by atoms with Gasteiger partial charge < -0.3 is 9.64 Å². The number of carbonyl (C=O) groups is 1. The molecule has 1 aliphatic carbocycles. The van der Waals surface area contributed by atoms with E-state index in [1.54, 1.807) is 0 Å². The molecule has 4 nitrogen and oxygen atoms in total. The summed E-state index contributed by atoms with van der Waals surface area (Å²) in [6, 6.07) is 11.5. The summed E-state index contributed by atoms with van der Waals surface area (Å²) in [5.41, 5.74) is 1.36. The standard InChI is InChI=1S/C20H30N2O2/c1-16-12-19(21(2)20(23)15-24-14-18-8-9-18)10-11-22(16)13-17-6-4-3-5-7-17/h3-7,16,18-19H,8-15H2,1-2H3/t16-,19-/m0/s1. The van der Waals surface area contributed by atoms with Crippen LogP contribution >= 0.6 is 0 Å². The van der Waals surface area contributed by atoms with E-state index in [1.807, 2.05) is 11.9 Å². The van der Waals surface area contributed by atoms with E-state index in [0.717, 1.165) is 32.5 Å². The van der Waals surface area contributed by atoms with Crippen LogP contribution in [0.25, 0.3) is 0 Å². The van der Waals surface area contributed by atoms with E-state index < -0.39 is 0 Å². The molecular formula is C20H30N2O2. The zero-order valence-electron chi connectivity index (χ0n) is 15.0. The molecule has 1 aliphatic heterocycles. The summed E-state index contributed by atoms with van der Waals surface area (Å²) in [6.07, 6.45) is 4.61. The van der Waals surface area contributed by atoms with Gasteiger partial charge in [-0.25, -0.2) is 0 Å². The number of rotatable bonds is 7. The van der Waals surface area contributed by atoms with Gasteiger partial charge in [-0.05, 0) is 44.1 Å². The molecule has 1 amide bonds. The number of nitrogens with zero attached hydrogens (tertiary/aromatic N) is 2. The SMILES string of the molecule is C[C@H]1C[C@@H](N(C)C(=O)COCC2CC2)CCN1Cc1ccccc1. The molecule has 2 atom stereocenters. The number of ether oxygens (including phenoxy) is 1. The molecule has 1 heterocycles. The molecule has 1 saturated carbocycles. The second-order valence-electron chi connectivity index (χ2n) is 7.45. The maximum absolute atomic E-state index is 12.3. The van der Waals surface area contributed by atoms with E-state index in [9.17, 15) is 4.79 Å². The summed E-state index contributed by atoms with van der Waals surface area (Å²) >= 11 is 0. The van der Waals surface area contributed by atoms with Gasteiger partial charge in [0.25, 0.3) is 0 Å². The average Bonchev–Trinajstić information content (AvgIpc) is 3.41. The van der Waals surface area contributed by atoms with Crippen LogP contribution in [-0.2, 0) is 16.1 Å². The minimum atomic E-state index is 0.129. The van der Waals surface area contributed by atoms with Crippen molar-refractivity contribution < 1.29 is 9.53 Å². The van der Waals surface area contributed by atoms with Crippen molar-refractivity contribution in [1.29, 1.82) is 0 Å². The van der Waals surface area contributed by atoms with Gasteiger partial charge in [0.05, 0.1) is 6.61 Å². The minimum absolute atomic E-state index is 0.129. The minimum Gasteiger partial charge on any atom is -0.371 e. The van der Waals surface area contributed by atoms with Gasteiger partial charge in [0.1, 0.15) is 6.61 Å². The Morgan fingerprint density at radius 3 is 2.67 bits per heavy atom. The van der Waals surface area contributed by atoms with Crippen LogP contribution in [0.5, 0.6) is 0 Å². The third kappa shape index (κ3) is 4.81. The molecule has 132 valence electrons. The van der Waals surface area contributed by atoms with E-state index in [1.165, 1.54) is 18.4 Å². The number of likely N-dealkylation sites (N-methyl/N-ethyl adjacent to an activating group) is 1. The third-order valence-electron chi connectivity index (χ3n) is 5.43. The molecule has 4 heteroatoms. The van der Waals surface area contributed by atoms with Crippen molar-refractivity contribution in [3.63, 3.8) is 0 Å². The largest absolute Gasteiger partial charge is 0.371 e. The Morgan fingerprint density at radius 2 is 2.00 bits per heavy atom. The second-order valence-corrected chi connectivity index (χ2v) is 7.45. The van der Waals surface area contributed by atoms with Crippen LogP contribution < -0.4 is 0 Å². The lowest BCUT2D eigenvalue weighted by atomic mass is 9.96.